The van der Waals surface area contributed by atoms with Crippen LogP contribution in [-0.2, 0) is 11.3 Å². The SMILES string of the molecule is Cc1cccc2c(=O)n(CCC(=O)NC(c3ccccc3)c3ccc(Br)cc3F)cnc12. The number of para-hydroxylation sites is 1. The molecule has 4 aromatic rings. The van der Waals surface area contributed by atoms with Gasteiger partial charge in [-0.15, -0.1) is 0 Å². The fraction of sp³-hybridized carbons (Fsp3) is 0.160. The van der Waals surface area contributed by atoms with Gasteiger partial charge in [-0.2, -0.15) is 0 Å². The summed E-state index contributed by atoms with van der Waals surface area (Å²) < 4.78 is 16.7. The van der Waals surface area contributed by atoms with Crippen molar-refractivity contribution in [1.82, 2.24) is 14.9 Å². The van der Waals surface area contributed by atoms with Crippen LogP contribution in [0.5, 0.6) is 0 Å². The third-order valence-corrected chi connectivity index (χ3v) is 5.84. The first-order chi connectivity index (χ1) is 15.4. The molecule has 5 nitrogen and oxygen atoms in total. The van der Waals surface area contributed by atoms with Crippen molar-refractivity contribution in [1.29, 1.82) is 0 Å². The molecule has 32 heavy (non-hydrogen) atoms. The van der Waals surface area contributed by atoms with Gasteiger partial charge in [0.2, 0.25) is 5.91 Å². The highest BCUT2D eigenvalue weighted by Crippen LogP contribution is 2.26. The van der Waals surface area contributed by atoms with Crippen molar-refractivity contribution < 1.29 is 9.18 Å². The number of aryl methyl sites for hydroxylation is 2. The van der Waals surface area contributed by atoms with Gasteiger partial charge in [0, 0.05) is 23.0 Å². The number of benzene rings is 3. The molecule has 1 N–H and O–H groups in total. The van der Waals surface area contributed by atoms with Crippen molar-refractivity contribution in [3.8, 4) is 0 Å². The predicted octanol–water partition coefficient (Wildman–Crippen LogP) is 4.90. The third-order valence-electron chi connectivity index (χ3n) is 5.35. The number of aromatic nitrogens is 2. The topological polar surface area (TPSA) is 64.0 Å². The smallest absolute Gasteiger partial charge is 0.261 e. The summed E-state index contributed by atoms with van der Waals surface area (Å²) in [6.07, 6.45) is 1.52. The maximum absolute atomic E-state index is 14.7. The van der Waals surface area contributed by atoms with Crippen LogP contribution >= 0.6 is 15.9 Å². The first-order valence-corrected chi connectivity index (χ1v) is 11.0. The fourth-order valence-electron chi connectivity index (χ4n) is 3.67. The number of rotatable bonds is 6. The van der Waals surface area contributed by atoms with Gasteiger partial charge in [-0.05, 0) is 36.2 Å². The summed E-state index contributed by atoms with van der Waals surface area (Å²) in [7, 11) is 0. The molecule has 0 radical (unpaired) electrons. The molecule has 0 saturated heterocycles. The van der Waals surface area contributed by atoms with E-state index >= 15 is 0 Å². The van der Waals surface area contributed by atoms with E-state index in [1.165, 1.54) is 17.0 Å². The monoisotopic (exact) mass is 493 g/mol. The largest absolute Gasteiger partial charge is 0.345 e. The van der Waals surface area contributed by atoms with E-state index in [1.54, 1.807) is 18.2 Å². The Labute approximate surface area is 193 Å². The molecule has 0 spiro atoms. The molecule has 3 aromatic carbocycles. The molecule has 1 amide bonds. The molecule has 1 heterocycles. The van der Waals surface area contributed by atoms with Crippen LogP contribution in [0.15, 0.2) is 82.3 Å². The standard InChI is InChI=1S/C25H21BrFN3O2/c1-16-6-5-9-20-23(16)28-15-30(25(20)32)13-12-22(31)29-24(17-7-3-2-4-8-17)19-11-10-18(26)14-21(19)27/h2-11,14-15,24H,12-13H2,1H3,(H,29,31). The highest BCUT2D eigenvalue weighted by Gasteiger charge is 2.20. The number of amides is 1. The van der Waals surface area contributed by atoms with E-state index in [2.05, 4.69) is 26.2 Å². The third kappa shape index (κ3) is 4.62. The molecule has 1 unspecified atom stereocenters. The Morgan fingerprint density at radius 3 is 2.66 bits per heavy atom. The van der Waals surface area contributed by atoms with Crippen LogP contribution in [-0.4, -0.2) is 15.5 Å². The average Bonchev–Trinajstić information content (AvgIpc) is 2.78. The summed E-state index contributed by atoms with van der Waals surface area (Å²) in [6.45, 7) is 2.07. The highest BCUT2D eigenvalue weighted by molar-refractivity contribution is 9.10. The zero-order valence-corrected chi connectivity index (χ0v) is 19.0. The summed E-state index contributed by atoms with van der Waals surface area (Å²) >= 11 is 3.27. The van der Waals surface area contributed by atoms with Crippen molar-refractivity contribution in [3.05, 3.63) is 110 Å². The molecular formula is C25H21BrFN3O2. The van der Waals surface area contributed by atoms with Crippen LogP contribution in [0, 0.1) is 12.7 Å². The Hall–Kier alpha value is -3.32. The Balaban J connectivity index is 1.55. The van der Waals surface area contributed by atoms with Gasteiger partial charge in [-0.25, -0.2) is 9.37 Å². The predicted molar refractivity (Wildman–Crippen MR) is 126 cm³/mol. The minimum absolute atomic E-state index is 0.0559. The number of nitrogens with zero attached hydrogens (tertiary/aromatic N) is 2. The second-order valence-corrected chi connectivity index (χ2v) is 8.46. The molecule has 162 valence electrons. The molecule has 0 aliphatic rings. The maximum Gasteiger partial charge on any atom is 0.261 e. The van der Waals surface area contributed by atoms with Gasteiger partial charge >= 0.3 is 0 Å². The number of halogens is 2. The minimum Gasteiger partial charge on any atom is -0.345 e. The molecular weight excluding hydrogens is 473 g/mol. The summed E-state index contributed by atoms with van der Waals surface area (Å²) in [5.41, 5.74) is 2.53. The molecule has 1 atom stereocenters. The Morgan fingerprint density at radius 1 is 1.12 bits per heavy atom. The number of fused-ring (bicyclic) bond motifs is 1. The Morgan fingerprint density at radius 2 is 1.91 bits per heavy atom. The molecule has 4 rings (SSSR count). The van der Waals surface area contributed by atoms with Crippen LogP contribution < -0.4 is 10.9 Å². The van der Waals surface area contributed by atoms with Crippen LogP contribution in [0.2, 0.25) is 0 Å². The van der Waals surface area contributed by atoms with Gasteiger partial charge in [0.05, 0.1) is 23.3 Å². The van der Waals surface area contributed by atoms with Crippen LogP contribution in [0.25, 0.3) is 10.9 Å². The number of carbonyl (C=O) groups is 1. The quantitative estimate of drug-likeness (QED) is 0.415. The van der Waals surface area contributed by atoms with Crippen LogP contribution in [0.4, 0.5) is 4.39 Å². The molecule has 0 saturated carbocycles. The van der Waals surface area contributed by atoms with E-state index in [4.69, 9.17) is 0 Å². The van der Waals surface area contributed by atoms with Crippen LogP contribution in [0.3, 0.4) is 0 Å². The van der Waals surface area contributed by atoms with E-state index in [0.29, 0.717) is 20.9 Å². The zero-order valence-electron chi connectivity index (χ0n) is 17.4. The van der Waals surface area contributed by atoms with E-state index < -0.39 is 11.9 Å². The van der Waals surface area contributed by atoms with Gasteiger partial charge in [0.15, 0.2) is 0 Å². The summed E-state index contributed by atoms with van der Waals surface area (Å²) in [4.78, 5) is 29.9. The summed E-state index contributed by atoms with van der Waals surface area (Å²) in [5.74, 6) is -0.712. The van der Waals surface area contributed by atoms with Gasteiger partial charge < -0.3 is 5.32 Å². The van der Waals surface area contributed by atoms with E-state index in [9.17, 15) is 14.0 Å². The molecule has 0 aliphatic heterocycles. The first-order valence-electron chi connectivity index (χ1n) is 10.2. The zero-order chi connectivity index (χ0) is 22.7. The van der Waals surface area contributed by atoms with Crippen molar-refractivity contribution in [2.75, 3.05) is 0 Å². The second kappa shape index (κ2) is 9.44. The second-order valence-electron chi connectivity index (χ2n) is 7.54. The molecule has 7 heteroatoms. The number of nitrogens with one attached hydrogen (secondary N) is 1. The summed E-state index contributed by atoms with van der Waals surface area (Å²) in [6, 6.07) is 18.8. The Kier molecular flexibility index (Phi) is 6.46. The van der Waals surface area contributed by atoms with Gasteiger partial charge in [-0.3, -0.25) is 14.2 Å². The number of hydrogen-bond donors (Lipinski definition) is 1. The van der Waals surface area contributed by atoms with Gasteiger partial charge in [0.1, 0.15) is 5.82 Å². The minimum atomic E-state index is -0.647. The van der Waals surface area contributed by atoms with E-state index in [0.717, 1.165) is 11.1 Å². The molecule has 0 bridgehead atoms. The Bertz CT molecular complexity index is 1340. The van der Waals surface area contributed by atoms with Crippen molar-refractivity contribution in [3.63, 3.8) is 0 Å². The van der Waals surface area contributed by atoms with Crippen LogP contribution in [0.1, 0.15) is 29.2 Å². The first kappa shape index (κ1) is 21.9. The average molecular weight is 494 g/mol. The normalized spacial score (nSPS) is 12.0. The van der Waals surface area contributed by atoms with Crippen molar-refractivity contribution >= 4 is 32.7 Å². The van der Waals surface area contributed by atoms with Gasteiger partial charge in [-0.1, -0.05) is 64.5 Å². The van der Waals surface area contributed by atoms with Gasteiger partial charge in [0.25, 0.3) is 5.56 Å². The lowest BCUT2D eigenvalue weighted by Gasteiger charge is -2.21. The van der Waals surface area contributed by atoms with Crippen molar-refractivity contribution in [2.45, 2.75) is 25.9 Å². The lowest BCUT2D eigenvalue weighted by Crippen LogP contribution is -2.32. The molecule has 0 aliphatic carbocycles. The lowest BCUT2D eigenvalue weighted by molar-refractivity contribution is -0.121. The fourth-order valence-corrected chi connectivity index (χ4v) is 4.01. The summed E-state index contributed by atoms with van der Waals surface area (Å²) in [5, 5.41) is 3.44. The number of hydrogen-bond acceptors (Lipinski definition) is 3. The highest BCUT2D eigenvalue weighted by atomic mass is 79.9. The molecule has 1 aromatic heterocycles. The maximum atomic E-state index is 14.7. The van der Waals surface area contributed by atoms with E-state index in [-0.39, 0.29) is 24.4 Å². The number of carbonyl (C=O) groups excluding carboxylic acids is 1. The van der Waals surface area contributed by atoms with Crippen molar-refractivity contribution in [2.24, 2.45) is 0 Å². The van der Waals surface area contributed by atoms with E-state index in [1.807, 2.05) is 49.4 Å². The lowest BCUT2D eigenvalue weighted by atomic mass is 9.98. The molecule has 0 fully saturated rings.